The van der Waals surface area contributed by atoms with Crippen molar-refractivity contribution in [3.8, 4) is 5.75 Å². The fourth-order valence-corrected chi connectivity index (χ4v) is 1.31. The zero-order valence-corrected chi connectivity index (χ0v) is 8.29. The highest BCUT2D eigenvalue weighted by Crippen LogP contribution is 2.14. The van der Waals surface area contributed by atoms with E-state index in [4.69, 9.17) is 5.73 Å². The van der Waals surface area contributed by atoms with Gasteiger partial charge in [-0.1, -0.05) is 0 Å². The minimum Gasteiger partial charge on any atom is -0.503 e. The first kappa shape index (κ1) is 10.3. The summed E-state index contributed by atoms with van der Waals surface area (Å²) in [5.41, 5.74) is 5.37. The first-order chi connectivity index (χ1) is 6.37. The average Bonchev–Trinajstić information content (AvgIpc) is 2.11. The number of nitrogens with zero attached hydrogens (tertiary/aromatic N) is 1. The van der Waals surface area contributed by atoms with E-state index < -0.39 is 17.1 Å². The van der Waals surface area contributed by atoms with Crippen LogP contribution in [0.4, 0.5) is 0 Å². The molecule has 0 aliphatic carbocycles. The van der Waals surface area contributed by atoms with Crippen LogP contribution in [0.2, 0.25) is 0 Å². The molecule has 0 radical (unpaired) electrons. The summed E-state index contributed by atoms with van der Waals surface area (Å²) in [5, 5.41) is 9.42. The predicted octanol–water partition coefficient (Wildman–Crippen LogP) is -0.193. The van der Waals surface area contributed by atoms with E-state index in [0.29, 0.717) is 11.3 Å². The Kier molecular flexibility index (Phi) is 2.33. The Morgan fingerprint density at radius 3 is 2.36 bits per heavy atom. The molecule has 0 saturated carbocycles. The molecule has 76 valence electrons. The van der Waals surface area contributed by atoms with Crippen LogP contribution < -0.4 is 11.2 Å². The number of carbonyl (C=O) groups is 1. The lowest BCUT2D eigenvalue weighted by atomic mass is 10.1. The second kappa shape index (κ2) is 3.17. The van der Waals surface area contributed by atoms with Crippen molar-refractivity contribution in [2.24, 2.45) is 12.8 Å². The van der Waals surface area contributed by atoms with Gasteiger partial charge < -0.3 is 15.4 Å². The molecule has 1 heterocycles. The Labute approximate surface area is 80.8 Å². The molecule has 0 saturated heterocycles. The molecule has 0 atom stereocenters. The number of hydrogen-bond acceptors (Lipinski definition) is 3. The third-order valence-electron chi connectivity index (χ3n) is 2.39. The number of aromatic nitrogens is 1. The smallest absolute Gasteiger partial charge is 0.269 e. The van der Waals surface area contributed by atoms with Gasteiger partial charge in [0.2, 0.25) is 5.43 Å². The second-order valence-electron chi connectivity index (χ2n) is 3.16. The summed E-state index contributed by atoms with van der Waals surface area (Å²) >= 11 is 0. The van der Waals surface area contributed by atoms with Crippen LogP contribution in [0.5, 0.6) is 5.75 Å². The maximum absolute atomic E-state index is 11.4. The average molecular weight is 196 g/mol. The van der Waals surface area contributed by atoms with Crippen LogP contribution in [0, 0.1) is 13.8 Å². The number of rotatable bonds is 1. The van der Waals surface area contributed by atoms with Gasteiger partial charge in [0.05, 0.1) is 0 Å². The van der Waals surface area contributed by atoms with Gasteiger partial charge in [0, 0.05) is 18.3 Å². The van der Waals surface area contributed by atoms with Crippen LogP contribution in [-0.4, -0.2) is 15.6 Å². The molecule has 1 rings (SSSR count). The molecule has 0 unspecified atom stereocenters. The first-order valence-corrected chi connectivity index (χ1v) is 4.06. The Bertz CT molecular complexity index is 460. The van der Waals surface area contributed by atoms with Gasteiger partial charge in [-0.2, -0.15) is 0 Å². The highest BCUT2D eigenvalue weighted by molar-refractivity contribution is 5.93. The van der Waals surface area contributed by atoms with Crippen molar-refractivity contribution in [2.45, 2.75) is 13.8 Å². The van der Waals surface area contributed by atoms with Crippen molar-refractivity contribution >= 4 is 5.91 Å². The summed E-state index contributed by atoms with van der Waals surface area (Å²) in [5.74, 6) is -1.40. The van der Waals surface area contributed by atoms with E-state index in [1.807, 2.05) is 0 Å². The molecule has 1 aromatic rings. The fraction of sp³-hybridized carbons (Fsp3) is 0.333. The second-order valence-corrected chi connectivity index (χ2v) is 3.16. The summed E-state index contributed by atoms with van der Waals surface area (Å²) in [7, 11) is 1.57. The van der Waals surface area contributed by atoms with Crippen molar-refractivity contribution in [3.05, 3.63) is 27.2 Å². The van der Waals surface area contributed by atoms with Crippen LogP contribution >= 0.6 is 0 Å². The lowest BCUT2D eigenvalue weighted by molar-refractivity contribution is 0.0988. The molecule has 5 heteroatoms. The minimum absolute atomic E-state index is 0.155. The molecule has 0 aromatic carbocycles. The van der Waals surface area contributed by atoms with Gasteiger partial charge in [0.25, 0.3) is 5.91 Å². The Hall–Kier alpha value is -1.78. The molecular formula is C9H12N2O3. The molecule has 0 bridgehead atoms. The molecule has 3 N–H and O–H groups in total. The maximum atomic E-state index is 11.4. The first-order valence-electron chi connectivity index (χ1n) is 4.06. The van der Waals surface area contributed by atoms with Gasteiger partial charge in [-0.3, -0.25) is 9.59 Å². The molecule has 1 aromatic heterocycles. The lowest BCUT2D eigenvalue weighted by Crippen LogP contribution is -2.24. The molecule has 14 heavy (non-hydrogen) atoms. The van der Waals surface area contributed by atoms with Crippen LogP contribution in [0.25, 0.3) is 0 Å². The van der Waals surface area contributed by atoms with E-state index in [9.17, 15) is 14.7 Å². The summed E-state index contributed by atoms with van der Waals surface area (Å²) in [6.07, 6.45) is 0. The van der Waals surface area contributed by atoms with Crippen molar-refractivity contribution in [3.63, 3.8) is 0 Å². The van der Waals surface area contributed by atoms with Gasteiger partial charge in [-0.25, -0.2) is 0 Å². The van der Waals surface area contributed by atoms with E-state index in [1.54, 1.807) is 20.9 Å². The highest BCUT2D eigenvalue weighted by atomic mass is 16.3. The van der Waals surface area contributed by atoms with Crippen LogP contribution in [0.3, 0.4) is 0 Å². The zero-order chi connectivity index (χ0) is 11.0. The standard InChI is InChI=1S/C9H12N2O3/c1-4-5(2)11(3)6(9(10)14)8(13)7(4)12/h13H,1-3H3,(H2,10,14). The number of aromatic hydroxyl groups is 1. The molecular weight excluding hydrogens is 184 g/mol. The number of hydrogen-bond donors (Lipinski definition) is 2. The minimum atomic E-state index is -0.815. The molecule has 1 amide bonds. The summed E-state index contributed by atoms with van der Waals surface area (Å²) in [4.78, 5) is 22.4. The van der Waals surface area contributed by atoms with E-state index in [1.165, 1.54) is 4.57 Å². The van der Waals surface area contributed by atoms with Gasteiger partial charge >= 0.3 is 0 Å². The van der Waals surface area contributed by atoms with Crippen molar-refractivity contribution in [1.29, 1.82) is 0 Å². The van der Waals surface area contributed by atoms with Crippen LogP contribution in [-0.2, 0) is 7.05 Å². The van der Waals surface area contributed by atoms with Crippen LogP contribution in [0.1, 0.15) is 21.7 Å². The quantitative estimate of drug-likeness (QED) is 0.652. The number of amides is 1. The zero-order valence-electron chi connectivity index (χ0n) is 8.29. The fourth-order valence-electron chi connectivity index (χ4n) is 1.31. The SMILES string of the molecule is Cc1c(C)n(C)c(C(N)=O)c(O)c1=O. The third-order valence-corrected chi connectivity index (χ3v) is 2.39. The van der Waals surface area contributed by atoms with Gasteiger partial charge in [0.15, 0.2) is 11.4 Å². The number of primary amides is 1. The monoisotopic (exact) mass is 196 g/mol. The maximum Gasteiger partial charge on any atom is 0.269 e. The molecule has 0 spiro atoms. The molecule has 0 aliphatic rings. The lowest BCUT2D eigenvalue weighted by Gasteiger charge is -2.12. The van der Waals surface area contributed by atoms with E-state index >= 15 is 0 Å². The normalized spacial score (nSPS) is 10.2. The Morgan fingerprint density at radius 2 is 1.93 bits per heavy atom. The molecule has 0 aliphatic heterocycles. The molecule has 0 fully saturated rings. The van der Waals surface area contributed by atoms with Crippen LogP contribution in [0.15, 0.2) is 4.79 Å². The largest absolute Gasteiger partial charge is 0.503 e. The van der Waals surface area contributed by atoms with Crippen molar-refractivity contribution < 1.29 is 9.90 Å². The topological polar surface area (TPSA) is 85.3 Å². The molecule has 5 nitrogen and oxygen atoms in total. The highest BCUT2D eigenvalue weighted by Gasteiger charge is 2.18. The van der Waals surface area contributed by atoms with E-state index in [0.717, 1.165) is 0 Å². The predicted molar refractivity (Wildman–Crippen MR) is 51.3 cm³/mol. The third kappa shape index (κ3) is 1.26. The van der Waals surface area contributed by atoms with Gasteiger partial charge in [0.1, 0.15) is 0 Å². The van der Waals surface area contributed by atoms with Crippen molar-refractivity contribution in [2.75, 3.05) is 0 Å². The Balaban J connectivity index is 3.78. The number of pyridine rings is 1. The number of nitrogens with two attached hydrogens (primary N) is 1. The summed E-state index contributed by atoms with van der Waals surface area (Å²) in [6, 6.07) is 0. The van der Waals surface area contributed by atoms with E-state index in [-0.39, 0.29) is 5.69 Å². The van der Waals surface area contributed by atoms with E-state index in [2.05, 4.69) is 0 Å². The Morgan fingerprint density at radius 1 is 1.43 bits per heavy atom. The van der Waals surface area contributed by atoms with Gasteiger partial charge in [-0.15, -0.1) is 0 Å². The van der Waals surface area contributed by atoms with Crippen molar-refractivity contribution in [1.82, 2.24) is 4.57 Å². The summed E-state index contributed by atoms with van der Waals surface area (Å²) < 4.78 is 1.41. The number of carbonyl (C=O) groups excluding carboxylic acids is 1. The van der Waals surface area contributed by atoms with Gasteiger partial charge in [-0.05, 0) is 13.8 Å². The summed E-state index contributed by atoms with van der Waals surface area (Å²) in [6.45, 7) is 3.27.